The highest BCUT2D eigenvalue weighted by molar-refractivity contribution is 7.91. The van der Waals surface area contributed by atoms with E-state index in [0.29, 0.717) is 39.0 Å². The van der Waals surface area contributed by atoms with E-state index >= 15 is 0 Å². The number of sulfone groups is 1. The Morgan fingerprint density at radius 2 is 1.90 bits per heavy atom. The van der Waals surface area contributed by atoms with E-state index < -0.39 is 9.84 Å². The van der Waals surface area contributed by atoms with Crippen molar-refractivity contribution >= 4 is 21.8 Å². The molecule has 0 bridgehead atoms. The lowest BCUT2D eigenvalue weighted by atomic mass is 9.97. The van der Waals surface area contributed by atoms with Gasteiger partial charge in [-0.2, -0.15) is 0 Å². The van der Waals surface area contributed by atoms with Gasteiger partial charge in [0.2, 0.25) is 0 Å². The van der Waals surface area contributed by atoms with E-state index in [-0.39, 0.29) is 35.5 Å². The van der Waals surface area contributed by atoms with Gasteiger partial charge in [0, 0.05) is 19.1 Å². The van der Waals surface area contributed by atoms with E-state index in [2.05, 4.69) is 5.32 Å². The molecule has 0 saturated carbocycles. The van der Waals surface area contributed by atoms with Crippen molar-refractivity contribution in [2.75, 3.05) is 31.2 Å². The van der Waals surface area contributed by atoms with Crippen LogP contribution in [0.25, 0.3) is 0 Å². The van der Waals surface area contributed by atoms with E-state index in [1.165, 1.54) is 0 Å². The summed E-state index contributed by atoms with van der Waals surface area (Å²) in [4.78, 5) is 25.3. The smallest absolute Gasteiger partial charge is 0.317 e. The molecule has 2 fully saturated rings. The summed E-state index contributed by atoms with van der Waals surface area (Å²) in [6, 6.07) is -0.523. The average molecular weight is 318 g/mol. The highest BCUT2D eigenvalue weighted by atomic mass is 32.2. The lowest BCUT2D eigenvalue weighted by Gasteiger charge is -2.31. The van der Waals surface area contributed by atoms with E-state index in [0.717, 1.165) is 0 Å². The van der Waals surface area contributed by atoms with Crippen LogP contribution in [-0.4, -0.2) is 62.6 Å². The first kappa shape index (κ1) is 16.1. The highest BCUT2D eigenvalue weighted by Crippen LogP contribution is 2.19. The van der Waals surface area contributed by atoms with E-state index in [9.17, 15) is 18.0 Å². The second kappa shape index (κ2) is 6.64. The zero-order valence-electron chi connectivity index (χ0n) is 12.2. The number of urea groups is 1. The first-order chi connectivity index (χ1) is 9.91. The molecule has 2 aliphatic rings. The monoisotopic (exact) mass is 318 g/mol. The number of hydrogen-bond acceptors (Lipinski definition) is 5. The number of ether oxygens (including phenoxy) is 1. The van der Waals surface area contributed by atoms with Gasteiger partial charge in [0.15, 0.2) is 9.84 Å². The van der Waals surface area contributed by atoms with Crippen LogP contribution in [0.5, 0.6) is 0 Å². The summed E-state index contributed by atoms with van der Waals surface area (Å²) in [6.07, 6.45) is 1.66. The maximum atomic E-state index is 12.1. The molecule has 2 rings (SSSR count). The van der Waals surface area contributed by atoms with Crippen LogP contribution in [-0.2, 0) is 19.4 Å². The van der Waals surface area contributed by atoms with Gasteiger partial charge >= 0.3 is 12.0 Å². The Kier molecular flexibility index (Phi) is 5.08. The molecule has 21 heavy (non-hydrogen) atoms. The Balaban J connectivity index is 1.77. The highest BCUT2D eigenvalue weighted by Gasteiger charge is 2.32. The molecule has 0 aromatic carbocycles. The maximum absolute atomic E-state index is 12.1. The predicted octanol–water partition coefficient (Wildman–Crippen LogP) is 0.158. The molecule has 1 N–H and O–H groups in total. The predicted molar refractivity (Wildman–Crippen MR) is 76.5 cm³/mol. The van der Waals surface area contributed by atoms with Crippen LogP contribution in [0, 0.1) is 5.92 Å². The molecular weight excluding hydrogens is 296 g/mol. The number of carbonyl (C=O) groups excluding carboxylic acids is 2. The average Bonchev–Trinajstić information content (AvgIpc) is 2.78. The number of piperidine rings is 1. The SMILES string of the molecule is CCOC(=O)C1CCN(C(=O)NC2CCS(=O)(=O)C2)CC1. The third kappa shape index (κ3) is 4.33. The molecule has 0 aliphatic carbocycles. The molecule has 1 atom stereocenters. The molecule has 0 radical (unpaired) electrons. The van der Waals surface area contributed by atoms with E-state index in [4.69, 9.17) is 4.74 Å². The van der Waals surface area contributed by atoms with E-state index in [1.54, 1.807) is 11.8 Å². The summed E-state index contributed by atoms with van der Waals surface area (Å²) in [5, 5.41) is 2.77. The summed E-state index contributed by atoms with van der Waals surface area (Å²) in [5.41, 5.74) is 0. The number of rotatable bonds is 3. The van der Waals surface area contributed by atoms with Gasteiger partial charge in [-0.05, 0) is 26.2 Å². The zero-order valence-corrected chi connectivity index (χ0v) is 13.0. The molecule has 120 valence electrons. The molecule has 2 amide bonds. The van der Waals surface area contributed by atoms with Gasteiger partial charge in [-0.3, -0.25) is 4.79 Å². The lowest BCUT2D eigenvalue weighted by molar-refractivity contribution is -0.149. The number of esters is 1. The number of nitrogens with zero attached hydrogens (tertiary/aromatic N) is 1. The molecule has 2 saturated heterocycles. The van der Waals surface area contributed by atoms with Crippen LogP contribution in [0.2, 0.25) is 0 Å². The first-order valence-corrected chi connectivity index (χ1v) is 9.16. The number of hydrogen-bond donors (Lipinski definition) is 1. The quantitative estimate of drug-likeness (QED) is 0.748. The van der Waals surface area contributed by atoms with Gasteiger partial charge in [0.25, 0.3) is 0 Å². The number of amides is 2. The van der Waals surface area contributed by atoms with Crippen molar-refractivity contribution in [3.05, 3.63) is 0 Å². The molecule has 8 heteroatoms. The molecule has 7 nitrogen and oxygen atoms in total. The van der Waals surface area contributed by atoms with E-state index in [1.807, 2.05) is 0 Å². The number of carbonyl (C=O) groups is 2. The lowest BCUT2D eigenvalue weighted by Crippen LogP contribution is -2.49. The van der Waals surface area contributed by atoms with Crippen molar-refractivity contribution < 1.29 is 22.7 Å². The van der Waals surface area contributed by atoms with Crippen molar-refractivity contribution in [3.63, 3.8) is 0 Å². The minimum Gasteiger partial charge on any atom is -0.466 e. The van der Waals surface area contributed by atoms with Gasteiger partial charge in [-0.25, -0.2) is 13.2 Å². The molecule has 0 spiro atoms. The van der Waals surface area contributed by atoms with Crippen molar-refractivity contribution in [3.8, 4) is 0 Å². The van der Waals surface area contributed by atoms with Gasteiger partial charge < -0.3 is 15.0 Å². The fraction of sp³-hybridized carbons (Fsp3) is 0.846. The Bertz CT molecular complexity index is 497. The van der Waals surface area contributed by atoms with Crippen molar-refractivity contribution in [2.24, 2.45) is 5.92 Å². The van der Waals surface area contributed by atoms with Crippen LogP contribution >= 0.6 is 0 Å². The van der Waals surface area contributed by atoms with Crippen LogP contribution in [0.15, 0.2) is 0 Å². The fourth-order valence-electron chi connectivity index (χ4n) is 2.75. The summed E-state index contributed by atoms with van der Waals surface area (Å²) in [5.74, 6) is -0.165. The Morgan fingerprint density at radius 1 is 1.24 bits per heavy atom. The van der Waals surface area contributed by atoms with Gasteiger partial charge in [-0.15, -0.1) is 0 Å². The minimum atomic E-state index is -2.99. The maximum Gasteiger partial charge on any atom is 0.317 e. The molecule has 2 heterocycles. The molecular formula is C13H22N2O5S. The van der Waals surface area contributed by atoms with Gasteiger partial charge in [-0.1, -0.05) is 0 Å². The topological polar surface area (TPSA) is 92.8 Å². The second-order valence-corrected chi connectivity index (χ2v) is 7.79. The van der Waals surface area contributed by atoms with Crippen molar-refractivity contribution in [1.82, 2.24) is 10.2 Å². The minimum absolute atomic E-state index is 0.0258. The van der Waals surface area contributed by atoms with Gasteiger partial charge in [0.1, 0.15) is 0 Å². The molecule has 0 aromatic heterocycles. The normalized spacial score (nSPS) is 25.6. The van der Waals surface area contributed by atoms with Crippen LogP contribution in [0.3, 0.4) is 0 Å². The van der Waals surface area contributed by atoms with Crippen molar-refractivity contribution in [1.29, 1.82) is 0 Å². The second-order valence-electron chi connectivity index (χ2n) is 5.56. The van der Waals surface area contributed by atoms with Gasteiger partial charge in [0.05, 0.1) is 24.0 Å². The molecule has 0 aromatic rings. The fourth-order valence-corrected chi connectivity index (χ4v) is 4.43. The molecule has 2 aliphatic heterocycles. The Hall–Kier alpha value is -1.31. The first-order valence-electron chi connectivity index (χ1n) is 7.34. The summed E-state index contributed by atoms with van der Waals surface area (Å²) < 4.78 is 27.7. The van der Waals surface area contributed by atoms with Crippen LogP contribution in [0.4, 0.5) is 4.79 Å². The zero-order chi connectivity index (χ0) is 15.5. The summed E-state index contributed by atoms with van der Waals surface area (Å²) in [7, 11) is -2.99. The van der Waals surface area contributed by atoms with Crippen molar-refractivity contribution in [2.45, 2.75) is 32.2 Å². The number of nitrogens with one attached hydrogen (secondary N) is 1. The largest absolute Gasteiger partial charge is 0.466 e. The summed E-state index contributed by atoms with van der Waals surface area (Å²) >= 11 is 0. The Morgan fingerprint density at radius 3 is 2.43 bits per heavy atom. The Labute approximate surface area is 124 Å². The standard InChI is InChI=1S/C13H22N2O5S/c1-2-20-12(16)10-3-6-15(7-4-10)13(17)14-11-5-8-21(18,19)9-11/h10-11H,2-9H2,1H3,(H,14,17). The summed E-state index contributed by atoms with van der Waals surface area (Å²) in [6.45, 7) is 3.13. The third-order valence-corrected chi connectivity index (χ3v) is 5.73. The van der Waals surface area contributed by atoms with Crippen LogP contribution in [0.1, 0.15) is 26.2 Å². The number of likely N-dealkylation sites (tertiary alicyclic amines) is 1. The third-order valence-electron chi connectivity index (χ3n) is 3.96. The van der Waals surface area contributed by atoms with Crippen LogP contribution < -0.4 is 5.32 Å². The molecule has 1 unspecified atom stereocenters.